The lowest BCUT2D eigenvalue weighted by Crippen LogP contribution is -2.50. The molecule has 2 aromatic rings. The average Bonchev–Trinajstić information content (AvgIpc) is 2.56. The number of nitrogens with zero attached hydrogens (tertiary/aromatic N) is 2. The molecule has 3 rings (SSSR count). The van der Waals surface area contributed by atoms with Gasteiger partial charge in [0.2, 0.25) is 5.91 Å². The van der Waals surface area contributed by atoms with Crippen LogP contribution in [0.1, 0.15) is 31.9 Å². The monoisotopic (exact) mass is 341 g/mol. The minimum absolute atomic E-state index is 0.00960. The van der Waals surface area contributed by atoms with Gasteiger partial charge >= 0.3 is 0 Å². The Balaban J connectivity index is 1.71. The second-order valence-electron chi connectivity index (χ2n) is 7.34. The summed E-state index contributed by atoms with van der Waals surface area (Å²) in [7, 11) is 0. The number of aromatic amines is 1. The van der Waals surface area contributed by atoms with Crippen LogP contribution in [0.2, 0.25) is 0 Å². The van der Waals surface area contributed by atoms with E-state index in [0.717, 1.165) is 54.6 Å². The summed E-state index contributed by atoms with van der Waals surface area (Å²) >= 11 is 0. The second kappa shape index (κ2) is 7.40. The molecule has 134 valence electrons. The summed E-state index contributed by atoms with van der Waals surface area (Å²) < 4.78 is 0. The average molecular weight is 341 g/mol. The van der Waals surface area contributed by atoms with Crippen LogP contribution in [-0.2, 0) is 17.8 Å². The van der Waals surface area contributed by atoms with Crippen LogP contribution in [0.5, 0.6) is 0 Å². The number of benzene rings is 1. The van der Waals surface area contributed by atoms with Crippen molar-refractivity contribution in [3.8, 4) is 0 Å². The highest BCUT2D eigenvalue weighted by atomic mass is 16.2. The summed E-state index contributed by atoms with van der Waals surface area (Å²) in [6.07, 6.45) is 0.732. The first-order valence-electron chi connectivity index (χ1n) is 9.11. The van der Waals surface area contributed by atoms with E-state index in [9.17, 15) is 9.59 Å². The van der Waals surface area contributed by atoms with E-state index in [1.54, 1.807) is 0 Å². The molecule has 1 amide bonds. The highest BCUT2D eigenvalue weighted by molar-refractivity contribution is 5.80. The number of nitrogens with one attached hydrogen (secondary N) is 1. The number of fused-ring (bicyclic) bond motifs is 1. The molecule has 1 N–H and O–H groups in total. The number of carbonyl (C=O) groups is 1. The molecule has 2 heterocycles. The van der Waals surface area contributed by atoms with Gasteiger partial charge in [-0.05, 0) is 35.4 Å². The highest BCUT2D eigenvalue weighted by Gasteiger charge is 2.24. The zero-order valence-corrected chi connectivity index (χ0v) is 15.3. The number of piperazine rings is 1. The van der Waals surface area contributed by atoms with E-state index in [-0.39, 0.29) is 11.5 Å². The first kappa shape index (κ1) is 17.7. The third kappa shape index (κ3) is 4.10. The van der Waals surface area contributed by atoms with Gasteiger partial charge in [-0.15, -0.1) is 0 Å². The Bertz CT molecular complexity index is 825. The SMILES string of the molecule is CCc1cc2ccc(CN3CCN(CC(C)C)C(=O)C3)cc2[nH]c1=O. The summed E-state index contributed by atoms with van der Waals surface area (Å²) in [4.78, 5) is 31.4. The van der Waals surface area contributed by atoms with E-state index in [4.69, 9.17) is 0 Å². The van der Waals surface area contributed by atoms with Crippen LogP contribution >= 0.6 is 0 Å². The molecular weight excluding hydrogens is 314 g/mol. The number of pyridine rings is 1. The van der Waals surface area contributed by atoms with Crippen molar-refractivity contribution in [2.75, 3.05) is 26.2 Å². The predicted molar refractivity (Wildman–Crippen MR) is 101 cm³/mol. The Morgan fingerprint density at radius 1 is 1.16 bits per heavy atom. The lowest BCUT2D eigenvalue weighted by molar-refractivity contribution is -0.136. The molecule has 1 aromatic heterocycles. The second-order valence-corrected chi connectivity index (χ2v) is 7.34. The lowest BCUT2D eigenvalue weighted by atomic mass is 10.1. The maximum Gasteiger partial charge on any atom is 0.251 e. The first-order chi connectivity index (χ1) is 12.0. The molecule has 5 heteroatoms. The number of aryl methyl sites for hydroxylation is 1. The Labute approximate surface area is 148 Å². The van der Waals surface area contributed by atoms with Crippen LogP contribution in [-0.4, -0.2) is 46.9 Å². The van der Waals surface area contributed by atoms with Crippen LogP contribution < -0.4 is 5.56 Å². The molecule has 1 aliphatic rings. The van der Waals surface area contributed by atoms with Gasteiger partial charge in [-0.25, -0.2) is 0 Å². The number of aromatic nitrogens is 1. The molecule has 1 aliphatic heterocycles. The normalized spacial score (nSPS) is 16.2. The molecule has 0 aliphatic carbocycles. The van der Waals surface area contributed by atoms with E-state index < -0.39 is 0 Å². The van der Waals surface area contributed by atoms with Gasteiger partial charge in [0.05, 0.1) is 6.54 Å². The summed E-state index contributed by atoms with van der Waals surface area (Å²) in [6.45, 7) is 9.98. The fraction of sp³-hybridized carbons (Fsp3) is 0.500. The van der Waals surface area contributed by atoms with Crippen molar-refractivity contribution < 1.29 is 4.79 Å². The van der Waals surface area contributed by atoms with Crippen molar-refractivity contribution in [1.29, 1.82) is 0 Å². The topological polar surface area (TPSA) is 56.4 Å². The standard InChI is InChI=1S/C20H27N3O2/c1-4-16-10-17-6-5-15(9-18(17)21-20(16)25)12-22-7-8-23(11-14(2)3)19(24)13-22/h5-6,9-10,14H,4,7-8,11-13H2,1-3H3,(H,21,25). The van der Waals surface area contributed by atoms with Gasteiger partial charge in [0.15, 0.2) is 0 Å². The van der Waals surface area contributed by atoms with Gasteiger partial charge in [-0.2, -0.15) is 0 Å². The third-order valence-electron chi connectivity index (χ3n) is 4.76. The molecule has 0 spiro atoms. The zero-order valence-electron chi connectivity index (χ0n) is 15.3. The summed E-state index contributed by atoms with van der Waals surface area (Å²) in [5.41, 5.74) is 2.79. The van der Waals surface area contributed by atoms with Crippen molar-refractivity contribution in [2.45, 2.75) is 33.7 Å². The van der Waals surface area contributed by atoms with Gasteiger partial charge < -0.3 is 9.88 Å². The van der Waals surface area contributed by atoms with Crippen molar-refractivity contribution in [3.63, 3.8) is 0 Å². The first-order valence-corrected chi connectivity index (χ1v) is 9.11. The Hall–Kier alpha value is -2.14. The van der Waals surface area contributed by atoms with Gasteiger partial charge in [0.25, 0.3) is 5.56 Å². The number of H-pyrrole nitrogens is 1. The maximum atomic E-state index is 12.3. The van der Waals surface area contributed by atoms with Gasteiger partial charge in [-0.3, -0.25) is 14.5 Å². The molecule has 25 heavy (non-hydrogen) atoms. The van der Waals surface area contributed by atoms with E-state index in [1.807, 2.05) is 24.0 Å². The van der Waals surface area contributed by atoms with Crippen LogP contribution in [0.25, 0.3) is 10.9 Å². The third-order valence-corrected chi connectivity index (χ3v) is 4.76. The lowest BCUT2D eigenvalue weighted by Gasteiger charge is -2.35. The Morgan fingerprint density at radius 2 is 1.96 bits per heavy atom. The minimum Gasteiger partial charge on any atom is -0.340 e. The van der Waals surface area contributed by atoms with Gasteiger partial charge in [0.1, 0.15) is 0 Å². The van der Waals surface area contributed by atoms with Crippen LogP contribution in [0.3, 0.4) is 0 Å². The fourth-order valence-electron chi connectivity index (χ4n) is 3.44. The van der Waals surface area contributed by atoms with Crippen LogP contribution in [0.4, 0.5) is 0 Å². The number of rotatable bonds is 5. The molecule has 1 fully saturated rings. The highest BCUT2D eigenvalue weighted by Crippen LogP contribution is 2.17. The quantitative estimate of drug-likeness (QED) is 0.908. The number of hydrogen-bond donors (Lipinski definition) is 1. The molecule has 0 bridgehead atoms. The molecule has 0 atom stereocenters. The number of amides is 1. The number of hydrogen-bond acceptors (Lipinski definition) is 3. The minimum atomic E-state index is -0.00960. The summed E-state index contributed by atoms with van der Waals surface area (Å²) in [6, 6.07) is 8.13. The fourth-order valence-corrected chi connectivity index (χ4v) is 3.44. The van der Waals surface area contributed by atoms with E-state index in [1.165, 1.54) is 0 Å². The molecule has 1 aromatic carbocycles. The number of carbonyl (C=O) groups excluding carboxylic acids is 1. The van der Waals surface area contributed by atoms with Gasteiger partial charge in [0, 0.05) is 37.3 Å². The van der Waals surface area contributed by atoms with Crippen molar-refractivity contribution in [1.82, 2.24) is 14.8 Å². The molecule has 0 unspecified atom stereocenters. The zero-order chi connectivity index (χ0) is 18.0. The summed E-state index contributed by atoms with van der Waals surface area (Å²) in [5, 5.41) is 1.05. The van der Waals surface area contributed by atoms with E-state index in [0.29, 0.717) is 12.5 Å². The molecule has 1 saturated heterocycles. The molecular formula is C20H27N3O2. The van der Waals surface area contributed by atoms with Crippen molar-refractivity contribution in [2.24, 2.45) is 5.92 Å². The Morgan fingerprint density at radius 3 is 2.64 bits per heavy atom. The Kier molecular flexibility index (Phi) is 5.23. The van der Waals surface area contributed by atoms with Crippen molar-refractivity contribution in [3.05, 3.63) is 45.7 Å². The van der Waals surface area contributed by atoms with Gasteiger partial charge in [-0.1, -0.05) is 32.9 Å². The van der Waals surface area contributed by atoms with Crippen LogP contribution in [0, 0.1) is 5.92 Å². The maximum absolute atomic E-state index is 12.3. The van der Waals surface area contributed by atoms with Crippen molar-refractivity contribution >= 4 is 16.8 Å². The molecule has 0 saturated carbocycles. The van der Waals surface area contributed by atoms with Crippen LogP contribution in [0.15, 0.2) is 29.1 Å². The van der Waals surface area contributed by atoms with E-state index in [2.05, 4.69) is 35.9 Å². The largest absolute Gasteiger partial charge is 0.340 e. The van der Waals surface area contributed by atoms with E-state index >= 15 is 0 Å². The predicted octanol–water partition coefficient (Wildman–Crippen LogP) is 2.39. The molecule has 5 nitrogen and oxygen atoms in total. The smallest absolute Gasteiger partial charge is 0.251 e. The summed E-state index contributed by atoms with van der Waals surface area (Å²) in [5.74, 6) is 0.711. The molecule has 0 radical (unpaired) electrons.